The van der Waals surface area contributed by atoms with Crippen molar-refractivity contribution in [2.45, 2.75) is 24.3 Å². The summed E-state index contributed by atoms with van der Waals surface area (Å²) in [6.45, 7) is 2.56. The first-order chi connectivity index (χ1) is 14.4. The van der Waals surface area contributed by atoms with E-state index in [1.807, 2.05) is 6.07 Å². The summed E-state index contributed by atoms with van der Waals surface area (Å²) < 4.78 is 6.65. The van der Waals surface area contributed by atoms with Crippen molar-refractivity contribution in [2.75, 3.05) is 6.73 Å². The summed E-state index contributed by atoms with van der Waals surface area (Å²) in [4.78, 5) is 54.6. The van der Waals surface area contributed by atoms with E-state index in [0.717, 1.165) is 16.7 Å². The lowest BCUT2D eigenvalue weighted by Gasteiger charge is -2.16. The van der Waals surface area contributed by atoms with Crippen molar-refractivity contribution in [2.24, 2.45) is 0 Å². The third kappa shape index (κ3) is 3.37. The van der Waals surface area contributed by atoms with Gasteiger partial charge in [-0.15, -0.1) is 0 Å². The molecule has 8 nitrogen and oxygen atoms in total. The third-order valence-electron chi connectivity index (χ3n) is 4.67. The number of rotatable bonds is 5. The number of imide groups is 1. The van der Waals surface area contributed by atoms with E-state index in [0.29, 0.717) is 16.2 Å². The van der Waals surface area contributed by atoms with E-state index in [9.17, 15) is 19.2 Å². The van der Waals surface area contributed by atoms with Crippen molar-refractivity contribution in [3.05, 3.63) is 59.7 Å². The maximum Gasteiger partial charge on any atom is 0.320 e. The summed E-state index contributed by atoms with van der Waals surface area (Å²) in [6.07, 6.45) is 0. The van der Waals surface area contributed by atoms with Crippen molar-refractivity contribution in [1.82, 2.24) is 14.5 Å². The Morgan fingerprint density at radius 2 is 1.63 bits per heavy atom. The first kappa shape index (κ1) is 19.8. The van der Waals surface area contributed by atoms with Gasteiger partial charge >= 0.3 is 5.97 Å². The lowest BCUT2D eigenvalue weighted by molar-refractivity contribution is -0.145. The fraction of sp³-hybridized carbons (Fsp3) is 0.190. The molecule has 0 saturated heterocycles. The molecule has 4 rings (SSSR count). The minimum absolute atomic E-state index is 0.224. The second-order valence-corrected chi connectivity index (χ2v) is 7.98. The van der Waals surface area contributed by atoms with Crippen molar-refractivity contribution in [1.29, 1.82) is 0 Å². The number of esters is 1. The number of amides is 2. The smallest absolute Gasteiger partial charge is 0.320 e. The van der Waals surface area contributed by atoms with Crippen LogP contribution in [0.2, 0.25) is 0 Å². The molecule has 0 fully saturated rings. The highest BCUT2D eigenvalue weighted by Crippen LogP contribution is 2.28. The van der Waals surface area contributed by atoms with Gasteiger partial charge in [-0.25, -0.2) is 9.88 Å². The number of nitrogens with zero attached hydrogens (tertiary/aromatic N) is 3. The minimum atomic E-state index is -0.713. The number of carbonyl (C=O) groups is 4. The number of para-hydroxylation sites is 2. The second kappa shape index (κ2) is 7.75. The topological polar surface area (TPSA) is 98.6 Å². The van der Waals surface area contributed by atoms with Crippen LogP contribution in [0.3, 0.4) is 0 Å². The Morgan fingerprint density at radius 3 is 2.27 bits per heavy atom. The molecule has 0 aliphatic carbocycles. The maximum absolute atomic E-state index is 12.5. The normalized spacial score (nSPS) is 14.1. The number of hydrogen-bond acceptors (Lipinski definition) is 7. The molecule has 30 heavy (non-hydrogen) atoms. The maximum atomic E-state index is 12.5. The first-order valence-corrected chi connectivity index (χ1v) is 10.0. The molecule has 0 radical (unpaired) electrons. The van der Waals surface area contributed by atoms with Gasteiger partial charge in [-0.2, -0.15) is 0 Å². The molecular weight excluding hydrogens is 406 g/mol. The summed E-state index contributed by atoms with van der Waals surface area (Å²) in [7, 11) is 0. The Balaban J connectivity index is 1.45. The predicted molar refractivity (Wildman–Crippen MR) is 109 cm³/mol. The molecule has 1 aliphatic rings. The van der Waals surface area contributed by atoms with Gasteiger partial charge in [0.25, 0.3) is 11.8 Å². The van der Waals surface area contributed by atoms with Gasteiger partial charge in [-0.3, -0.25) is 23.7 Å². The number of hydrogen-bond donors (Lipinski definition) is 0. The van der Waals surface area contributed by atoms with Crippen LogP contribution >= 0.6 is 11.8 Å². The zero-order valence-corrected chi connectivity index (χ0v) is 17.0. The Hall–Kier alpha value is -3.46. The summed E-state index contributed by atoms with van der Waals surface area (Å²) in [5.74, 6) is -1.85. The van der Waals surface area contributed by atoms with E-state index in [1.165, 1.54) is 11.5 Å². The van der Waals surface area contributed by atoms with Crippen LogP contribution in [-0.2, 0) is 9.53 Å². The first-order valence-electron chi connectivity index (χ1n) is 9.15. The van der Waals surface area contributed by atoms with Crippen LogP contribution in [0, 0.1) is 0 Å². The van der Waals surface area contributed by atoms with Gasteiger partial charge < -0.3 is 4.74 Å². The van der Waals surface area contributed by atoms with E-state index < -0.39 is 29.8 Å². The molecule has 2 heterocycles. The van der Waals surface area contributed by atoms with Crippen LogP contribution in [0.15, 0.2) is 53.7 Å². The molecule has 1 atom stereocenters. The van der Waals surface area contributed by atoms with E-state index in [-0.39, 0.29) is 17.0 Å². The van der Waals surface area contributed by atoms with Gasteiger partial charge in [0, 0.05) is 6.92 Å². The molecule has 152 valence electrons. The van der Waals surface area contributed by atoms with Crippen molar-refractivity contribution in [3.63, 3.8) is 0 Å². The quantitative estimate of drug-likeness (QED) is 0.353. The number of fused-ring (bicyclic) bond motifs is 2. The molecule has 2 amide bonds. The zero-order valence-electron chi connectivity index (χ0n) is 16.2. The SMILES string of the molecule is CC(=O)n1c(SC(C)C(=O)OCN2C(=O)c3ccccc3C2=O)nc2ccccc21. The number of thioether (sulfide) groups is 1. The molecule has 1 unspecified atom stereocenters. The number of benzene rings is 2. The molecule has 0 spiro atoms. The highest BCUT2D eigenvalue weighted by molar-refractivity contribution is 8.00. The van der Waals surface area contributed by atoms with Crippen molar-refractivity contribution >= 4 is 46.5 Å². The molecule has 9 heteroatoms. The van der Waals surface area contributed by atoms with Gasteiger partial charge in [0.1, 0.15) is 5.25 Å². The van der Waals surface area contributed by atoms with E-state index >= 15 is 0 Å². The van der Waals surface area contributed by atoms with Gasteiger partial charge in [-0.1, -0.05) is 36.0 Å². The van der Waals surface area contributed by atoms with Crippen LogP contribution in [-0.4, -0.2) is 50.1 Å². The highest BCUT2D eigenvalue weighted by Gasteiger charge is 2.36. The third-order valence-corrected chi connectivity index (χ3v) is 5.70. The summed E-state index contributed by atoms with van der Waals surface area (Å²) in [6, 6.07) is 13.6. The van der Waals surface area contributed by atoms with Crippen LogP contribution in [0.25, 0.3) is 11.0 Å². The van der Waals surface area contributed by atoms with E-state index in [4.69, 9.17) is 4.74 Å². The van der Waals surface area contributed by atoms with Crippen LogP contribution in [0.1, 0.15) is 39.4 Å². The van der Waals surface area contributed by atoms with Crippen LogP contribution < -0.4 is 0 Å². The summed E-state index contributed by atoms with van der Waals surface area (Å²) in [5, 5.41) is -0.344. The molecule has 0 saturated carbocycles. The molecule has 2 aromatic carbocycles. The van der Waals surface area contributed by atoms with E-state index in [2.05, 4.69) is 4.98 Å². The second-order valence-electron chi connectivity index (χ2n) is 6.67. The van der Waals surface area contributed by atoms with Crippen molar-refractivity contribution in [3.8, 4) is 0 Å². The number of imidazole rings is 1. The van der Waals surface area contributed by atoms with Crippen LogP contribution in [0.5, 0.6) is 0 Å². The Labute approximate surface area is 175 Å². The highest BCUT2D eigenvalue weighted by atomic mass is 32.2. The number of aromatic nitrogens is 2. The Bertz CT molecular complexity index is 1170. The number of ether oxygens (including phenoxy) is 1. The fourth-order valence-electron chi connectivity index (χ4n) is 3.20. The standard InChI is InChI=1S/C21H17N3O5S/c1-12(30-21-22-16-9-5-6-10-17(16)24(21)13(2)25)20(28)29-11-23-18(26)14-7-3-4-8-15(14)19(23)27/h3-10,12H,11H2,1-2H3. The van der Waals surface area contributed by atoms with Crippen LogP contribution in [0.4, 0.5) is 0 Å². The molecule has 1 aliphatic heterocycles. The number of carbonyl (C=O) groups excluding carboxylic acids is 4. The largest absolute Gasteiger partial charge is 0.443 e. The molecule has 3 aromatic rings. The Morgan fingerprint density at radius 1 is 1.03 bits per heavy atom. The monoisotopic (exact) mass is 423 g/mol. The summed E-state index contributed by atoms with van der Waals surface area (Å²) in [5.41, 5.74) is 1.87. The average Bonchev–Trinajstić information content (AvgIpc) is 3.21. The summed E-state index contributed by atoms with van der Waals surface area (Å²) >= 11 is 1.07. The zero-order chi connectivity index (χ0) is 21.4. The van der Waals surface area contributed by atoms with Gasteiger partial charge in [0.2, 0.25) is 5.91 Å². The lowest BCUT2D eigenvalue weighted by atomic mass is 10.1. The average molecular weight is 423 g/mol. The molecule has 0 bridgehead atoms. The van der Waals surface area contributed by atoms with Crippen molar-refractivity contribution < 1.29 is 23.9 Å². The van der Waals surface area contributed by atoms with Gasteiger partial charge in [-0.05, 0) is 31.2 Å². The molecule has 0 N–H and O–H groups in total. The molecular formula is C21H17N3O5S. The predicted octanol–water partition coefficient (Wildman–Crippen LogP) is 2.97. The van der Waals surface area contributed by atoms with Gasteiger partial charge in [0.05, 0.1) is 22.2 Å². The van der Waals surface area contributed by atoms with E-state index in [1.54, 1.807) is 49.4 Å². The fourth-order valence-corrected chi connectivity index (χ4v) is 4.16. The minimum Gasteiger partial charge on any atom is -0.443 e. The lowest BCUT2D eigenvalue weighted by Crippen LogP contribution is -2.34. The molecule has 1 aromatic heterocycles. The van der Waals surface area contributed by atoms with Gasteiger partial charge in [0.15, 0.2) is 11.9 Å². The Kier molecular flexibility index (Phi) is 5.13.